The number of hydrogen-bond donors (Lipinski definition) is 0. The van der Waals surface area contributed by atoms with E-state index >= 15 is 0 Å². The number of rotatable bonds is 19. The van der Waals surface area contributed by atoms with Gasteiger partial charge in [-0.25, -0.2) is 0 Å². The minimum absolute atomic E-state index is 0.201. The molecule has 5 saturated carbocycles. The first-order chi connectivity index (χ1) is 69.3. The first-order valence-electron chi connectivity index (χ1n) is 55.0. The van der Waals surface area contributed by atoms with Gasteiger partial charge in [-0.2, -0.15) is 0 Å². The lowest BCUT2D eigenvalue weighted by Gasteiger charge is -2.31. The van der Waals surface area contributed by atoms with Crippen molar-refractivity contribution in [2.45, 2.75) is 372 Å². The van der Waals surface area contributed by atoms with Crippen molar-refractivity contribution in [3.63, 3.8) is 0 Å². The van der Waals surface area contributed by atoms with Crippen LogP contribution in [0.3, 0.4) is 0 Å². The Bertz CT molecular complexity index is 4050. The van der Waals surface area contributed by atoms with Crippen LogP contribution in [0.4, 0.5) is 5.69 Å². The summed E-state index contributed by atoms with van der Waals surface area (Å²) in [5, 5.41) is 0. The maximum absolute atomic E-state index is 4.65. The smallest absolute Gasteiger partial charge is 0.0715 e. The fourth-order valence-electron chi connectivity index (χ4n) is 16.2. The summed E-state index contributed by atoms with van der Waals surface area (Å²) in [5.74, 6) is 4.34. The summed E-state index contributed by atoms with van der Waals surface area (Å²) in [7, 11) is 29.4. The predicted octanol–water partition coefficient (Wildman–Crippen LogP) is 35.4. The van der Waals surface area contributed by atoms with Crippen LogP contribution < -0.4 is 0 Å². The van der Waals surface area contributed by atoms with Crippen molar-refractivity contribution < 1.29 is 0 Å². The lowest BCUT2D eigenvalue weighted by Crippen LogP contribution is -2.32. The van der Waals surface area contributed by atoms with Gasteiger partial charge in [0.15, 0.2) is 0 Å². The topological polar surface area (TPSA) is 210 Å². The highest BCUT2D eigenvalue weighted by Gasteiger charge is 2.29. The second kappa shape index (κ2) is 106. The molecule has 0 aliphatic heterocycles. The first kappa shape index (κ1) is 148. The lowest BCUT2D eigenvalue weighted by atomic mass is 9.75. The molecule has 17 heteroatoms. The van der Waals surface area contributed by atoms with Gasteiger partial charge in [0.05, 0.1) is 11.4 Å². The maximum Gasteiger partial charge on any atom is 0.0715 e. The molecule has 0 radical (unpaired) electrons. The van der Waals surface area contributed by atoms with E-state index in [2.05, 4.69) is 304 Å². The van der Waals surface area contributed by atoms with Crippen molar-refractivity contribution in [3.05, 3.63) is 173 Å². The normalized spacial score (nSPS) is 14.0. The van der Waals surface area contributed by atoms with Crippen LogP contribution in [0.1, 0.15) is 391 Å². The average Bonchev–Trinajstić information content (AvgIpc) is 1.24. The van der Waals surface area contributed by atoms with Crippen LogP contribution in [-0.2, 0) is 0 Å². The zero-order valence-electron chi connectivity index (χ0n) is 101. The predicted molar refractivity (Wildman–Crippen MR) is 670 cm³/mol. The Kier molecular flexibility index (Phi) is 108. The number of hydrogen-bond acceptors (Lipinski definition) is 17. The molecule has 0 amide bonds. The fraction of sp³-hybridized carbons (Fsp3) is 0.633. The molecule has 5 aliphatic rings. The fourth-order valence-corrected chi connectivity index (χ4v) is 16.2. The molecule has 0 atom stereocenters. The Morgan fingerprint density at radius 1 is 0.366 bits per heavy atom. The summed E-state index contributed by atoms with van der Waals surface area (Å²) < 4.78 is 0. The number of nitrogens with zero attached hydrogens (tertiary/aromatic N) is 17. The molecular weight excluding hydrogens is 1780 g/mol. The lowest BCUT2D eigenvalue weighted by molar-refractivity contribution is 0.387. The molecule has 0 aromatic heterocycles. The van der Waals surface area contributed by atoms with Crippen LogP contribution in [0.5, 0.6) is 0 Å². The van der Waals surface area contributed by atoms with E-state index in [0.29, 0.717) is 17.8 Å². The molecule has 0 spiro atoms. The van der Waals surface area contributed by atoms with Gasteiger partial charge < -0.3 is 34.9 Å². The third-order valence-electron chi connectivity index (χ3n) is 22.9. The van der Waals surface area contributed by atoms with Gasteiger partial charge in [-0.3, -0.25) is 49.9 Å². The van der Waals surface area contributed by atoms with Crippen LogP contribution in [0, 0.1) is 65.6 Å². The molecule has 0 saturated heterocycles. The highest BCUT2D eigenvalue weighted by Crippen LogP contribution is 2.34. The molecule has 10 rings (SSSR count). The Hall–Kier alpha value is -9.51. The van der Waals surface area contributed by atoms with Gasteiger partial charge >= 0.3 is 0 Å². The highest BCUT2D eigenvalue weighted by molar-refractivity contribution is 6.12. The van der Waals surface area contributed by atoms with E-state index in [1.54, 1.807) is 67.5 Å². The number of benzene rings is 5. The van der Waals surface area contributed by atoms with Crippen LogP contribution in [-0.4, -0.2) is 215 Å². The monoisotopic (exact) mass is 2000 g/mol. The van der Waals surface area contributed by atoms with Crippen molar-refractivity contribution >= 4 is 108 Å². The molecular formula is C128H223N17. The molecule has 5 fully saturated rings. The summed E-state index contributed by atoms with van der Waals surface area (Å²) in [5.41, 5.74) is 18.2. The standard InChI is InChI=1S/C14H25N.C14H13N.C10H21N.2C9H11N.C8H15N.C8H9N.C8H17N.C7H13N.C6H11N.3C6H13N.2C5H11N.C4H9N.C3H7N/c2*1-15-14(12-8-4-2-5-9-12)13-10-6-3-7-11-13;1-9(2,3)8(11-7)10(4,5)6;1-8-3-5-9(6-4-8)7-10-2;1-3-10-9-6-4-8(2)5-7-9;2*1-9-7-8-5-3-2-4-6-8;1-6(2)8(9-5)7(3)4;1-8-7-5-3-2-4-6-7;1-7-6-4-2-3-5-6;1-6(2,3)5-7-4;1-4-6(5-2)7-3;1-3-4-5-6-7-2;1-5(2)4-6-3;1-3-4-5-6-2;1-3-4-5-2;1-3-4-2/h12-13H,2-11H2,1H3;2-11H,1H3;1-7H3;2*3-7H,1-2H3;7-8H,2-6H2,1H3;2-7H,1H3;6-7H,1-5H3;2-6H2,1H3;2-5H2,1H3;5H,1-4H3;4-5H2,1-3H3;6H,3-5H2,1-2H3;4-5H,1-3H3;5H,3-4H2,1-2H3;4H,3H2,1-2H3;3H,1-2H3. The summed E-state index contributed by atoms with van der Waals surface area (Å²) >= 11 is 0. The average molecular weight is 2000 g/mol. The SMILES string of the molecule is CC=NC.CC=Nc1ccc(C)cc1.CCC(CC)=NC.CCC=NC.CCCC=NC.CCCCC=NC.CN=C(C(C)(C)C)C(C)(C)C.CN=C(C(C)C)C(C)C.CN=C(C1CCCCC1)C1CCCCC1.CN=C(c1ccccc1)c1ccccc1.CN=C1CCCC1.CN=C1CCCCC1.CN=CC(C)(C)C.CN=CC(C)C.CN=CC1CCCCC1.CN=Cc1ccc(C)cc1.CN=Cc1ccccc1. The minimum atomic E-state index is 0.201. The summed E-state index contributed by atoms with van der Waals surface area (Å²) in [4.78, 5) is 68.5. The zero-order chi connectivity index (χ0) is 111. The molecule has 17 nitrogen and oxygen atoms in total. The second-order valence-electron chi connectivity index (χ2n) is 40.2. The zero-order valence-corrected chi connectivity index (χ0v) is 101. The molecule has 820 valence electrons. The maximum atomic E-state index is 4.65. The van der Waals surface area contributed by atoms with Crippen LogP contribution in [0.2, 0.25) is 0 Å². The summed E-state index contributed by atoms with van der Waals surface area (Å²) in [6, 6.07) is 46.9. The largest absolute Gasteiger partial charge is 0.301 e. The Morgan fingerprint density at radius 2 is 0.752 bits per heavy atom. The molecule has 0 heterocycles. The molecule has 5 aromatic rings. The molecule has 145 heavy (non-hydrogen) atoms. The van der Waals surface area contributed by atoms with Gasteiger partial charge in [-0.15, -0.1) is 0 Å². The van der Waals surface area contributed by atoms with Gasteiger partial charge in [0.2, 0.25) is 0 Å². The van der Waals surface area contributed by atoms with E-state index in [0.717, 1.165) is 83.5 Å². The van der Waals surface area contributed by atoms with Crippen LogP contribution in [0.25, 0.3) is 0 Å². The van der Waals surface area contributed by atoms with Crippen molar-refractivity contribution in [1.82, 2.24) is 0 Å². The van der Waals surface area contributed by atoms with E-state index < -0.39 is 0 Å². The third kappa shape index (κ3) is 96.4. The van der Waals surface area contributed by atoms with E-state index in [9.17, 15) is 0 Å². The number of aliphatic imine (C=N–C) groups is 17. The van der Waals surface area contributed by atoms with E-state index in [1.165, 1.54) is 213 Å². The molecule has 0 N–H and O–H groups in total. The van der Waals surface area contributed by atoms with Gasteiger partial charge in [0.25, 0.3) is 0 Å². The summed E-state index contributed by atoms with van der Waals surface area (Å²) in [6.07, 6.45) is 61.5. The molecule has 0 bridgehead atoms. The van der Waals surface area contributed by atoms with Crippen LogP contribution in [0.15, 0.2) is 224 Å². The minimum Gasteiger partial charge on any atom is -0.301 e. The van der Waals surface area contributed by atoms with E-state index in [4.69, 9.17) is 0 Å². The second-order valence-corrected chi connectivity index (χ2v) is 40.2. The van der Waals surface area contributed by atoms with Gasteiger partial charge in [0.1, 0.15) is 0 Å². The van der Waals surface area contributed by atoms with Crippen molar-refractivity contribution in [2.75, 3.05) is 113 Å². The first-order valence-corrected chi connectivity index (χ1v) is 55.0. The third-order valence-corrected chi connectivity index (χ3v) is 22.9. The van der Waals surface area contributed by atoms with Gasteiger partial charge in [-0.1, -0.05) is 354 Å². The van der Waals surface area contributed by atoms with Crippen molar-refractivity contribution in [3.8, 4) is 0 Å². The van der Waals surface area contributed by atoms with Gasteiger partial charge in [-0.05, 0) is 245 Å². The molecule has 5 aromatic carbocycles. The molecule has 0 unspecified atom stereocenters. The number of aryl methyl sites for hydroxylation is 2. The highest BCUT2D eigenvalue weighted by atomic mass is 14.7. The quantitative estimate of drug-likeness (QED) is 0.0558. The number of unbranched alkanes of at least 4 members (excludes halogenated alkanes) is 3. The van der Waals surface area contributed by atoms with E-state index in [-0.39, 0.29) is 16.2 Å². The molecule has 5 aliphatic carbocycles. The van der Waals surface area contributed by atoms with Gasteiger partial charge in [0, 0.05) is 206 Å². The Labute approximate surface area is 896 Å². The van der Waals surface area contributed by atoms with Crippen molar-refractivity contribution in [1.29, 1.82) is 0 Å². The Morgan fingerprint density at radius 3 is 0.986 bits per heavy atom. The van der Waals surface area contributed by atoms with Crippen LogP contribution >= 0.6 is 0 Å². The summed E-state index contributed by atoms with van der Waals surface area (Å²) in [6.45, 7) is 51.2. The van der Waals surface area contributed by atoms with E-state index in [1.807, 2.05) is 200 Å². The van der Waals surface area contributed by atoms with Crippen molar-refractivity contribution in [2.24, 2.45) is 137 Å². The Balaban J connectivity index is -0.000000282.